The molecule has 1 amide bonds. The van der Waals surface area contributed by atoms with Gasteiger partial charge in [0.05, 0.1) is 31.1 Å². The van der Waals surface area contributed by atoms with Crippen molar-refractivity contribution < 1.29 is 33.6 Å². The zero-order valence-electron chi connectivity index (χ0n) is 20.0. The normalized spacial score (nSPS) is 11.9. The van der Waals surface area contributed by atoms with Gasteiger partial charge in [0, 0.05) is 17.7 Å². The molecule has 3 aromatic carbocycles. The third-order valence-electron chi connectivity index (χ3n) is 5.19. The van der Waals surface area contributed by atoms with E-state index in [1.807, 2.05) is 12.1 Å². The number of hydrogen-bond donors (Lipinski definition) is 3. The fourth-order valence-electron chi connectivity index (χ4n) is 3.41. The van der Waals surface area contributed by atoms with E-state index >= 15 is 0 Å². The molecule has 0 aromatic heterocycles. The summed E-state index contributed by atoms with van der Waals surface area (Å²) >= 11 is 3.91. The third-order valence-corrected chi connectivity index (χ3v) is 5.45. The molecule has 0 spiro atoms. The molecule has 0 heterocycles. The number of carbonyl (C=O) groups is 2. The van der Waals surface area contributed by atoms with Crippen LogP contribution in [0, 0.1) is 11.3 Å². The van der Waals surface area contributed by atoms with Gasteiger partial charge in [0.2, 0.25) is 0 Å². The number of para-hydroxylation sites is 1. The number of nitriles is 1. The van der Waals surface area contributed by atoms with Crippen LogP contribution in [0.25, 0.3) is 0 Å². The number of nitrogens with zero attached hydrogens (tertiary/aromatic N) is 1. The van der Waals surface area contributed by atoms with Crippen LogP contribution in [0.1, 0.15) is 23.7 Å². The maximum absolute atomic E-state index is 12.9. The number of phenolic OH excluding ortho intramolecular Hbond substituents is 1. The van der Waals surface area contributed by atoms with Gasteiger partial charge in [0.15, 0.2) is 17.6 Å². The van der Waals surface area contributed by atoms with Crippen molar-refractivity contribution in [2.24, 2.45) is 0 Å². The number of ether oxygens (including phenoxy) is 4. The van der Waals surface area contributed by atoms with Gasteiger partial charge >= 0.3 is 12.1 Å². The van der Waals surface area contributed by atoms with Crippen LogP contribution in [0.3, 0.4) is 0 Å². The van der Waals surface area contributed by atoms with Crippen LogP contribution in [0.15, 0.2) is 72.8 Å². The molecular weight excluding hydrogens is 496 g/mol. The molecule has 0 aliphatic rings. The van der Waals surface area contributed by atoms with Crippen molar-refractivity contribution in [1.82, 2.24) is 0 Å². The van der Waals surface area contributed by atoms with E-state index in [4.69, 9.17) is 24.2 Å². The number of hydrogen-bond acceptors (Lipinski definition) is 9. The number of methoxy groups -OCH3 is 1. The molecule has 0 bridgehead atoms. The Kier molecular flexibility index (Phi) is 10.0. The quantitative estimate of drug-likeness (QED) is 0.240. The fourth-order valence-corrected chi connectivity index (χ4v) is 3.51. The van der Waals surface area contributed by atoms with Gasteiger partial charge in [-0.2, -0.15) is 17.9 Å². The van der Waals surface area contributed by atoms with E-state index in [-0.39, 0.29) is 30.3 Å². The van der Waals surface area contributed by atoms with Crippen LogP contribution >= 0.6 is 12.6 Å². The van der Waals surface area contributed by atoms with Crippen LogP contribution in [0.2, 0.25) is 0 Å². The van der Waals surface area contributed by atoms with E-state index < -0.39 is 24.3 Å². The highest BCUT2D eigenvalue weighted by molar-refractivity contribution is 7.81. The molecule has 0 saturated heterocycles. The number of nitrogens with one attached hydrogen (secondary N) is 1. The Morgan fingerprint density at radius 3 is 2.43 bits per heavy atom. The number of thiol groups is 1. The zero-order chi connectivity index (χ0) is 26.6. The van der Waals surface area contributed by atoms with Gasteiger partial charge in [0.1, 0.15) is 11.9 Å². The summed E-state index contributed by atoms with van der Waals surface area (Å²) in [6.07, 6.45) is -2.46. The molecule has 3 rings (SSSR count). The van der Waals surface area contributed by atoms with Crippen molar-refractivity contribution in [2.75, 3.05) is 24.8 Å². The maximum Gasteiger partial charge on any atom is 0.412 e. The highest BCUT2D eigenvalue weighted by atomic mass is 32.1. The Morgan fingerprint density at radius 2 is 1.81 bits per heavy atom. The van der Waals surface area contributed by atoms with Crippen LogP contribution < -0.4 is 14.8 Å². The SMILES string of the molecule is COc1ccc([C@H](OC(=O)Nc2ccc(C#N)cc2)[C@H](CCOC(=O)CS)Oc2ccccc2)cc1O. The van der Waals surface area contributed by atoms with E-state index in [0.29, 0.717) is 22.6 Å². The lowest BCUT2D eigenvalue weighted by atomic mass is 10.0. The Balaban J connectivity index is 1.90. The highest BCUT2D eigenvalue weighted by Crippen LogP contribution is 2.34. The highest BCUT2D eigenvalue weighted by Gasteiger charge is 2.30. The molecule has 0 saturated carbocycles. The Hall–Kier alpha value is -4.36. The lowest BCUT2D eigenvalue weighted by Gasteiger charge is -2.28. The number of anilines is 1. The number of phenols is 1. The number of amides is 1. The summed E-state index contributed by atoms with van der Waals surface area (Å²) < 4.78 is 22.3. The van der Waals surface area contributed by atoms with E-state index in [0.717, 1.165) is 0 Å². The van der Waals surface area contributed by atoms with Crippen molar-refractivity contribution in [3.8, 4) is 23.3 Å². The van der Waals surface area contributed by atoms with E-state index in [9.17, 15) is 14.7 Å². The van der Waals surface area contributed by atoms with Gasteiger partial charge in [0.25, 0.3) is 0 Å². The minimum atomic E-state index is -1.02. The Labute approximate surface area is 219 Å². The minimum Gasteiger partial charge on any atom is -0.504 e. The number of benzene rings is 3. The van der Waals surface area contributed by atoms with Crippen LogP contribution in [-0.2, 0) is 14.3 Å². The first kappa shape index (κ1) is 27.2. The second kappa shape index (κ2) is 13.7. The topological polar surface area (TPSA) is 127 Å². The first-order valence-corrected chi connectivity index (χ1v) is 11.9. The molecule has 0 radical (unpaired) electrons. The molecule has 9 nitrogen and oxygen atoms in total. The van der Waals surface area contributed by atoms with E-state index in [1.54, 1.807) is 60.7 Å². The van der Waals surface area contributed by atoms with Crippen molar-refractivity contribution >= 4 is 30.4 Å². The summed E-state index contributed by atoms with van der Waals surface area (Å²) in [4.78, 5) is 24.5. The Morgan fingerprint density at radius 1 is 1.08 bits per heavy atom. The van der Waals surface area contributed by atoms with Gasteiger partial charge in [-0.1, -0.05) is 24.3 Å². The first-order chi connectivity index (χ1) is 17.9. The molecule has 0 unspecified atom stereocenters. The standard InChI is InChI=1S/C27H26N2O7S/c1-33-23-12-9-19(15-22(23)30)26(36-27(32)29-20-10-7-18(16-28)8-11-20)24(13-14-34-25(31)17-37)35-21-5-3-2-4-6-21/h2-12,15,24,26,30,37H,13-14,17H2,1H3,(H,29,32)/t24-,26-/m0/s1. The number of esters is 1. The maximum atomic E-state index is 12.9. The van der Waals surface area contributed by atoms with E-state index in [2.05, 4.69) is 17.9 Å². The first-order valence-electron chi connectivity index (χ1n) is 11.3. The van der Waals surface area contributed by atoms with E-state index in [1.165, 1.54) is 13.2 Å². The second-order valence-corrected chi connectivity index (χ2v) is 8.02. The average molecular weight is 523 g/mol. The largest absolute Gasteiger partial charge is 0.504 e. The van der Waals surface area contributed by atoms with Crippen LogP contribution in [0.5, 0.6) is 17.2 Å². The van der Waals surface area contributed by atoms with Crippen molar-refractivity contribution in [2.45, 2.75) is 18.6 Å². The van der Waals surface area contributed by atoms with Gasteiger partial charge in [-0.15, -0.1) is 0 Å². The summed E-state index contributed by atoms with van der Waals surface area (Å²) in [6, 6.07) is 21.8. The molecule has 10 heteroatoms. The molecule has 3 aromatic rings. The number of aromatic hydroxyl groups is 1. The average Bonchev–Trinajstić information content (AvgIpc) is 2.92. The van der Waals surface area contributed by atoms with Crippen LogP contribution in [-0.4, -0.2) is 42.7 Å². The van der Waals surface area contributed by atoms with Gasteiger partial charge < -0.3 is 24.1 Å². The molecule has 37 heavy (non-hydrogen) atoms. The van der Waals surface area contributed by atoms with Crippen molar-refractivity contribution in [3.05, 3.63) is 83.9 Å². The lowest BCUT2D eigenvalue weighted by Crippen LogP contribution is -2.32. The molecule has 2 atom stereocenters. The molecular formula is C27H26N2O7S. The van der Waals surface area contributed by atoms with Gasteiger partial charge in [-0.05, 0) is 48.5 Å². The van der Waals surface area contributed by atoms with Crippen LogP contribution in [0.4, 0.5) is 10.5 Å². The summed E-state index contributed by atoms with van der Waals surface area (Å²) in [7, 11) is 1.42. The smallest absolute Gasteiger partial charge is 0.412 e. The Bertz CT molecular complexity index is 1230. The van der Waals surface area contributed by atoms with Crippen molar-refractivity contribution in [1.29, 1.82) is 5.26 Å². The zero-order valence-corrected chi connectivity index (χ0v) is 20.9. The number of rotatable bonds is 11. The summed E-state index contributed by atoms with van der Waals surface area (Å²) in [6.45, 7) is -0.0177. The molecule has 2 N–H and O–H groups in total. The predicted molar refractivity (Wildman–Crippen MR) is 139 cm³/mol. The predicted octanol–water partition coefficient (Wildman–Crippen LogP) is 4.87. The number of carbonyl (C=O) groups excluding carboxylic acids is 2. The minimum absolute atomic E-state index is 0.0177. The van der Waals surface area contributed by atoms with Gasteiger partial charge in [-0.25, -0.2) is 4.79 Å². The molecule has 0 aliphatic heterocycles. The monoisotopic (exact) mass is 522 g/mol. The summed E-state index contributed by atoms with van der Waals surface area (Å²) in [5.41, 5.74) is 1.29. The molecule has 192 valence electrons. The molecule has 0 fully saturated rings. The van der Waals surface area contributed by atoms with Crippen molar-refractivity contribution in [3.63, 3.8) is 0 Å². The lowest BCUT2D eigenvalue weighted by molar-refractivity contribution is -0.141. The molecule has 0 aliphatic carbocycles. The van der Waals surface area contributed by atoms with Gasteiger partial charge in [-0.3, -0.25) is 10.1 Å². The second-order valence-electron chi connectivity index (χ2n) is 7.71. The summed E-state index contributed by atoms with van der Waals surface area (Å²) in [5.74, 6) is 0.0179. The fraction of sp³-hybridized carbons (Fsp3) is 0.222. The summed E-state index contributed by atoms with van der Waals surface area (Å²) in [5, 5.41) is 22.0. The third kappa shape index (κ3) is 8.08.